The topological polar surface area (TPSA) is 56.3 Å². The number of hydrogen-bond donors (Lipinski definition) is 1. The number of ether oxygens (including phenoxy) is 2. The fourth-order valence-corrected chi connectivity index (χ4v) is 2.37. The third kappa shape index (κ3) is 2.07. The lowest BCUT2D eigenvalue weighted by Gasteiger charge is -2.09. The van der Waals surface area contributed by atoms with Crippen molar-refractivity contribution in [2.45, 2.75) is 0 Å². The highest BCUT2D eigenvalue weighted by molar-refractivity contribution is 5.93. The molecule has 0 amide bonds. The molecular formula is C17H11N3O2. The summed E-state index contributed by atoms with van der Waals surface area (Å²) in [5.41, 5.74) is 2.46. The van der Waals surface area contributed by atoms with Gasteiger partial charge >= 0.3 is 0 Å². The summed E-state index contributed by atoms with van der Waals surface area (Å²) in [5.74, 6) is 4.70. The number of terminal acetylenes is 1. The van der Waals surface area contributed by atoms with Crippen LogP contribution in [0.5, 0.6) is 11.5 Å². The van der Waals surface area contributed by atoms with E-state index in [1.807, 2.05) is 36.4 Å². The second-order valence-corrected chi connectivity index (χ2v) is 4.80. The molecule has 22 heavy (non-hydrogen) atoms. The number of nitrogens with one attached hydrogen (secondary N) is 1. The molecule has 5 heteroatoms. The zero-order chi connectivity index (χ0) is 14.9. The zero-order valence-electron chi connectivity index (χ0n) is 11.5. The highest BCUT2D eigenvalue weighted by Crippen LogP contribution is 2.37. The Balaban J connectivity index is 1.80. The lowest BCUT2D eigenvalue weighted by atomic mass is 10.2. The van der Waals surface area contributed by atoms with Crippen LogP contribution in [0.15, 0.2) is 42.7 Å². The first-order chi connectivity index (χ1) is 10.8. The number of hydrogen-bond acceptors (Lipinski definition) is 5. The number of nitrogens with zero attached hydrogens (tertiary/aromatic N) is 2. The summed E-state index contributed by atoms with van der Waals surface area (Å²) in [5, 5.41) is 4.13. The summed E-state index contributed by atoms with van der Waals surface area (Å²) in [4.78, 5) is 8.59. The first-order valence-corrected chi connectivity index (χ1v) is 6.71. The Hall–Kier alpha value is -3.26. The van der Waals surface area contributed by atoms with Gasteiger partial charge in [-0.05, 0) is 24.3 Å². The molecule has 2 aromatic carbocycles. The minimum absolute atomic E-state index is 0.228. The van der Waals surface area contributed by atoms with E-state index in [0.29, 0.717) is 17.3 Å². The standard InChI is InChI=1S/C17H11N3O2/c1-2-11-4-3-5-12(6-11)20-17-13-7-15-16(22-10-21-15)8-14(13)18-9-19-17/h1,3-9H,10H2,(H,18,19,20). The maximum Gasteiger partial charge on any atom is 0.231 e. The van der Waals surface area contributed by atoms with E-state index in [2.05, 4.69) is 21.2 Å². The Morgan fingerprint density at radius 2 is 1.95 bits per heavy atom. The molecule has 1 aliphatic heterocycles. The monoisotopic (exact) mass is 289 g/mol. The third-order valence-corrected chi connectivity index (χ3v) is 3.42. The predicted molar refractivity (Wildman–Crippen MR) is 83.3 cm³/mol. The van der Waals surface area contributed by atoms with Crippen molar-refractivity contribution in [3.05, 3.63) is 48.3 Å². The molecule has 5 nitrogen and oxygen atoms in total. The van der Waals surface area contributed by atoms with Crippen molar-refractivity contribution in [2.24, 2.45) is 0 Å². The van der Waals surface area contributed by atoms with E-state index in [0.717, 1.165) is 22.2 Å². The van der Waals surface area contributed by atoms with Crippen LogP contribution in [0, 0.1) is 12.3 Å². The van der Waals surface area contributed by atoms with E-state index >= 15 is 0 Å². The predicted octanol–water partition coefficient (Wildman–Crippen LogP) is 3.08. The summed E-state index contributed by atoms with van der Waals surface area (Å²) in [6, 6.07) is 11.3. The molecule has 0 radical (unpaired) electrons. The Morgan fingerprint density at radius 3 is 2.82 bits per heavy atom. The average Bonchev–Trinajstić information content (AvgIpc) is 3.01. The smallest absolute Gasteiger partial charge is 0.231 e. The van der Waals surface area contributed by atoms with Crippen molar-refractivity contribution >= 4 is 22.4 Å². The zero-order valence-corrected chi connectivity index (χ0v) is 11.5. The summed E-state index contributed by atoms with van der Waals surface area (Å²) in [7, 11) is 0. The molecule has 1 N–H and O–H groups in total. The molecule has 0 spiro atoms. The Morgan fingerprint density at radius 1 is 1.09 bits per heavy atom. The van der Waals surface area contributed by atoms with E-state index < -0.39 is 0 Å². The van der Waals surface area contributed by atoms with Gasteiger partial charge in [0.05, 0.1) is 5.52 Å². The van der Waals surface area contributed by atoms with Gasteiger partial charge in [-0.2, -0.15) is 0 Å². The second kappa shape index (κ2) is 4.93. The summed E-state index contributed by atoms with van der Waals surface area (Å²) in [6.07, 6.45) is 6.94. The van der Waals surface area contributed by atoms with Crippen molar-refractivity contribution in [2.75, 3.05) is 12.1 Å². The first-order valence-electron chi connectivity index (χ1n) is 6.71. The number of benzene rings is 2. The lowest BCUT2D eigenvalue weighted by molar-refractivity contribution is 0.174. The minimum atomic E-state index is 0.228. The van der Waals surface area contributed by atoms with Crippen LogP contribution in [0.25, 0.3) is 10.9 Å². The quantitative estimate of drug-likeness (QED) is 0.735. The summed E-state index contributed by atoms with van der Waals surface area (Å²) in [6.45, 7) is 0.228. The fourth-order valence-electron chi connectivity index (χ4n) is 2.37. The molecule has 0 saturated carbocycles. The lowest BCUT2D eigenvalue weighted by Crippen LogP contribution is -1.96. The van der Waals surface area contributed by atoms with Gasteiger partial charge in [0, 0.05) is 22.7 Å². The van der Waals surface area contributed by atoms with Crippen molar-refractivity contribution < 1.29 is 9.47 Å². The number of rotatable bonds is 2. The number of anilines is 2. The summed E-state index contributed by atoms with van der Waals surface area (Å²) >= 11 is 0. The molecule has 1 aromatic heterocycles. The number of aromatic nitrogens is 2. The van der Waals surface area contributed by atoms with Gasteiger partial charge in [-0.3, -0.25) is 0 Å². The molecule has 106 valence electrons. The van der Waals surface area contributed by atoms with Crippen LogP contribution in [0.1, 0.15) is 5.56 Å². The van der Waals surface area contributed by atoms with Gasteiger partial charge in [0.1, 0.15) is 12.1 Å². The van der Waals surface area contributed by atoms with E-state index in [1.165, 1.54) is 6.33 Å². The van der Waals surface area contributed by atoms with E-state index in [-0.39, 0.29) is 6.79 Å². The van der Waals surface area contributed by atoms with Gasteiger partial charge in [0.25, 0.3) is 0 Å². The highest BCUT2D eigenvalue weighted by atomic mass is 16.7. The molecule has 0 unspecified atom stereocenters. The molecule has 0 aliphatic carbocycles. The van der Waals surface area contributed by atoms with Crippen LogP contribution in [0.2, 0.25) is 0 Å². The van der Waals surface area contributed by atoms with Crippen LogP contribution >= 0.6 is 0 Å². The first kappa shape index (κ1) is 12.5. The molecule has 1 aliphatic rings. The Labute approximate surface area is 126 Å². The van der Waals surface area contributed by atoms with E-state index in [1.54, 1.807) is 0 Å². The summed E-state index contributed by atoms with van der Waals surface area (Å²) < 4.78 is 10.8. The van der Waals surface area contributed by atoms with Crippen LogP contribution in [-0.4, -0.2) is 16.8 Å². The van der Waals surface area contributed by atoms with Gasteiger partial charge in [-0.25, -0.2) is 9.97 Å². The molecule has 2 heterocycles. The number of fused-ring (bicyclic) bond motifs is 2. The van der Waals surface area contributed by atoms with E-state index in [9.17, 15) is 0 Å². The van der Waals surface area contributed by atoms with Gasteiger partial charge in [0.2, 0.25) is 6.79 Å². The normalized spacial score (nSPS) is 12.1. The molecule has 3 aromatic rings. The maximum atomic E-state index is 5.43. The largest absolute Gasteiger partial charge is 0.454 e. The molecule has 0 saturated heterocycles. The Kier molecular flexibility index (Phi) is 2.80. The SMILES string of the molecule is C#Cc1cccc(Nc2ncnc3cc4c(cc23)OCO4)c1. The molecule has 0 atom stereocenters. The van der Waals surface area contributed by atoms with Crippen LogP contribution in [0.4, 0.5) is 11.5 Å². The average molecular weight is 289 g/mol. The van der Waals surface area contributed by atoms with Crippen LogP contribution in [0.3, 0.4) is 0 Å². The van der Waals surface area contributed by atoms with Gasteiger partial charge in [0.15, 0.2) is 11.5 Å². The van der Waals surface area contributed by atoms with Gasteiger partial charge in [-0.1, -0.05) is 12.0 Å². The molecular weight excluding hydrogens is 278 g/mol. The minimum Gasteiger partial charge on any atom is -0.454 e. The van der Waals surface area contributed by atoms with Gasteiger partial charge < -0.3 is 14.8 Å². The van der Waals surface area contributed by atoms with Crippen molar-refractivity contribution in [1.29, 1.82) is 0 Å². The highest BCUT2D eigenvalue weighted by Gasteiger charge is 2.16. The third-order valence-electron chi connectivity index (χ3n) is 3.42. The van der Waals surface area contributed by atoms with Gasteiger partial charge in [-0.15, -0.1) is 6.42 Å². The Bertz CT molecular complexity index is 915. The van der Waals surface area contributed by atoms with Crippen molar-refractivity contribution in [3.63, 3.8) is 0 Å². The fraction of sp³-hybridized carbons (Fsp3) is 0.0588. The van der Waals surface area contributed by atoms with Crippen molar-refractivity contribution in [1.82, 2.24) is 9.97 Å². The maximum absolute atomic E-state index is 5.43. The molecule has 0 bridgehead atoms. The molecule has 4 rings (SSSR count). The second-order valence-electron chi connectivity index (χ2n) is 4.80. The van der Waals surface area contributed by atoms with E-state index in [4.69, 9.17) is 15.9 Å². The van der Waals surface area contributed by atoms with Crippen LogP contribution < -0.4 is 14.8 Å². The van der Waals surface area contributed by atoms with Crippen LogP contribution in [-0.2, 0) is 0 Å². The molecule has 0 fully saturated rings. The van der Waals surface area contributed by atoms with Crippen molar-refractivity contribution in [3.8, 4) is 23.8 Å².